The molecular weight excluding hydrogens is 350 g/mol. The Morgan fingerprint density at radius 2 is 2.16 bits per heavy atom. The summed E-state index contributed by atoms with van der Waals surface area (Å²) in [7, 11) is 0. The summed E-state index contributed by atoms with van der Waals surface area (Å²) in [6, 6.07) is 4.18. The summed E-state index contributed by atoms with van der Waals surface area (Å²) >= 11 is 0. The molecule has 25 heavy (non-hydrogen) atoms. The van der Waals surface area contributed by atoms with Gasteiger partial charge in [-0.1, -0.05) is 12.5 Å². The van der Waals surface area contributed by atoms with E-state index in [9.17, 15) is 24.8 Å². The number of primary amides is 1. The van der Waals surface area contributed by atoms with Crippen molar-refractivity contribution in [1.29, 1.82) is 0 Å². The molecule has 1 aliphatic heterocycles. The van der Waals surface area contributed by atoms with Crippen molar-refractivity contribution in [2.75, 3.05) is 13.1 Å². The maximum Gasteiger partial charge on any atom is 0.311 e. The first-order chi connectivity index (χ1) is 11.3. The van der Waals surface area contributed by atoms with Crippen LogP contribution in [0.25, 0.3) is 0 Å². The van der Waals surface area contributed by atoms with Crippen LogP contribution < -0.4 is 5.73 Å². The van der Waals surface area contributed by atoms with E-state index in [1.807, 2.05) is 4.90 Å². The molecule has 136 valence electrons. The number of likely N-dealkylation sites (tertiary alicyclic amines) is 1. The Kier molecular flexibility index (Phi) is 5.34. The number of amides is 1. The van der Waals surface area contributed by atoms with Crippen molar-refractivity contribution in [3.63, 3.8) is 0 Å². The Morgan fingerprint density at radius 3 is 2.72 bits per heavy atom. The van der Waals surface area contributed by atoms with Gasteiger partial charge in [0.1, 0.15) is 0 Å². The van der Waals surface area contributed by atoms with Gasteiger partial charge in [0.15, 0.2) is 0 Å². The van der Waals surface area contributed by atoms with E-state index in [4.69, 9.17) is 5.73 Å². The van der Waals surface area contributed by atoms with E-state index in [1.165, 1.54) is 18.2 Å². The molecule has 0 radical (unpaired) electrons. The van der Waals surface area contributed by atoms with Crippen LogP contribution in [0.3, 0.4) is 0 Å². The first kappa shape index (κ1) is 19.1. The van der Waals surface area contributed by atoms with E-state index in [1.54, 1.807) is 0 Å². The fraction of sp³-hybridized carbons (Fsp3) is 0.500. The van der Waals surface area contributed by atoms with E-state index >= 15 is 0 Å². The van der Waals surface area contributed by atoms with Crippen LogP contribution in [0.5, 0.6) is 0 Å². The predicted octanol–water partition coefficient (Wildman–Crippen LogP) is 1.80. The fourth-order valence-electron chi connectivity index (χ4n) is 4.13. The lowest BCUT2D eigenvalue weighted by Gasteiger charge is -2.23. The van der Waals surface area contributed by atoms with Crippen molar-refractivity contribution in [1.82, 2.24) is 4.90 Å². The summed E-state index contributed by atoms with van der Waals surface area (Å²) in [5, 5.41) is 20.9. The highest BCUT2D eigenvalue weighted by Crippen LogP contribution is 2.49. The Morgan fingerprint density at radius 1 is 1.44 bits per heavy atom. The van der Waals surface area contributed by atoms with Gasteiger partial charge in [-0.25, -0.2) is 0 Å². The molecule has 1 aliphatic carbocycles. The van der Waals surface area contributed by atoms with E-state index < -0.39 is 22.2 Å². The van der Waals surface area contributed by atoms with Gasteiger partial charge in [-0.2, -0.15) is 0 Å². The average molecular weight is 370 g/mol. The number of carbonyl (C=O) groups excluding carboxylic acids is 1. The molecule has 9 heteroatoms. The molecular formula is C16H20ClN3O5. The molecule has 0 bridgehead atoms. The molecule has 1 aromatic carbocycles. The van der Waals surface area contributed by atoms with Crippen molar-refractivity contribution in [2.24, 2.45) is 17.1 Å². The lowest BCUT2D eigenvalue weighted by Crippen LogP contribution is -2.35. The SMILES string of the molecule is Cl.NC(=O)c1ccc(CN2C[C@@H]3CCC[C@@]3(C(=O)O)C2)c([N+](=O)[O-])c1. The number of halogens is 1. The van der Waals surface area contributed by atoms with Gasteiger partial charge in [-0.3, -0.25) is 24.6 Å². The predicted molar refractivity (Wildman–Crippen MR) is 91.5 cm³/mol. The van der Waals surface area contributed by atoms with Crippen LogP contribution in [-0.4, -0.2) is 39.9 Å². The smallest absolute Gasteiger partial charge is 0.311 e. The second-order valence-corrected chi connectivity index (χ2v) is 6.68. The van der Waals surface area contributed by atoms with Crippen molar-refractivity contribution >= 4 is 30.0 Å². The highest BCUT2D eigenvalue weighted by Gasteiger charge is 2.54. The van der Waals surface area contributed by atoms with E-state index in [0.29, 0.717) is 31.6 Å². The summed E-state index contributed by atoms with van der Waals surface area (Å²) < 4.78 is 0. The van der Waals surface area contributed by atoms with Crippen LogP contribution in [0.1, 0.15) is 35.2 Å². The molecule has 3 rings (SSSR count). The van der Waals surface area contributed by atoms with Gasteiger partial charge in [-0.15, -0.1) is 12.4 Å². The number of hydrogen-bond acceptors (Lipinski definition) is 5. The second kappa shape index (κ2) is 6.97. The zero-order chi connectivity index (χ0) is 17.5. The molecule has 3 N–H and O–H groups in total. The first-order valence-electron chi connectivity index (χ1n) is 7.86. The molecule has 0 aromatic heterocycles. The van der Waals surface area contributed by atoms with Crippen LogP contribution >= 0.6 is 12.4 Å². The number of benzene rings is 1. The van der Waals surface area contributed by atoms with Crippen molar-refractivity contribution < 1.29 is 19.6 Å². The van der Waals surface area contributed by atoms with Gasteiger partial charge in [0, 0.05) is 36.8 Å². The number of carboxylic acids is 1. The number of rotatable bonds is 5. The highest BCUT2D eigenvalue weighted by atomic mass is 35.5. The van der Waals surface area contributed by atoms with E-state index in [0.717, 1.165) is 12.8 Å². The Hall–Kier alpha value is -2.19. The number of nitro groups is 1. The molecule has 1 amide bonds. The summed E-state index contributed by atoms with van der Waals surface area (Å²) in [5.74, 6) is -1.39. The number of nitro benzene ring substituents is 1. The van der Waals surface area contributed by atoms with Gasteiger partial charge in [0.05, 0.1) is 10.3 Å². The van der Waals surface area contributed by atoms with Crippen molar-refractivity contribution in [3.05, 3.63) is 39.4 Å². The van der Waals surface area contributed by atoms with Gasteiger partial charge in [0.25, 0.3) is 5.69 Å². The maximum atomic E-state index is 11.7. The van der Waals surface area contributed by atoms with Gasteiger partial charge >= 0.3 is 5.97 Å². The van der Waals surface area contributed by atoms with Crippen LogP contribution in [0.4, 0.5) is 5.69 Å². The molecule has 8 nitrogen and oxygen atoms in total. The number of aliphatic carboxylic acids is 1. The quantitative estimate of drug-likeness (QED) is 0.601. The van der Waals surface area contributed by atoms with Crippen LogP contribution in [0.2, 0.25) is 0 Å². The molecule has 2 fully saturated rings. The Bertz CT molecular complexity index is 726. The minimum absolute atomic E-state index is 0. The molecule has 1 saturated heterocycles. The maximum absolute atomic E-state index is 11.7. The zero-order valence-corrected chi connectivity index (χ0v) is 14.3. The Balaban J connectivity index is 0.00000225. The molecule has 1 aromatic rings. The number of nitrogens with two attached hydrogens (primary N) is 1. The minimum Gasteiger partial charge on any atom is -0.481 e. The summed E-state index contributed by atoms with van der Waals surface area (Å²) in [6.07, 6.45) is 2.45. The van der Waals surface area contributed by atoms with Crippen LogP contribution in [0, 0.1) is 21.4 Å². The summed E-state index contributed by atoms with van der Waals surface area (Å²) in [4.78, 5) is 35.6. The number of nitrogens with zero attached hydrogens (tertiary/aromatic N) is 2. The number of carboxylic acid groups (broad SMARTS) is 1. The standard InChI is InChI=1S/C16H19N3O5.ClH/c17-14(20)10-3-4-11(13(6-10)19(23)24)7-18-8-12-2-1-5-16(12,9-18)15(21)22;/h3-4,6,12H,1-2,5,7-9H2,(H2,17,20)(H,21,22);1H/t12-,16+;/m0./s1. The third kappa shape index (κ3) is 3.32. The largest absolute Gasteiger partial charge is 0.481 e. The minimum atomic E-state index is -0.772. The first-order valence-corrected chi connectivity index (χ1v) is 7.86. The van der Waals surface area contributed by atoms with Crippen molar-refractivity contribution in [2.45, 2.75) is 25.8 Å². The normalized spacial score (nSPS) is 25.2. The molecule has 0 unspecified atom stereocenters. The fourth-order valence-corrected chi connectivity index (χ4v) is 4.13. The topological polar surface area (TPSA) is 127 Å². The highest BCUT2D eigenvalue weighted by molar-refractivity contribution is 5.93. The van der Waals surface area contributed by atoms with E-state index in [-0.39, 0.29) is 29.6 Å². The Labute approximate surface area is 150 Å². The third-order valence-electron chi connectivity index (χ3n) is 5.33. The average Bonchev–Trinajstić information content (AvgIpc) is 3.04. The van der Waals surface area contributed by atoms with Gasteiger partial charge in [0.2, 0.25) is 5.91 Å². The lowest BCUT2D eigenvalue weighted by atomic mass is 9.81. The van der Waals surface area contributed by atoms with Gasteiger partial charge < -0.3 is 10.8 Å². The monoisotopic (exact) mass is 369 g/mol. The summed E-state index contributed by atoms with van der Waals surface area (Å²) in [5.41, 5.74) is 4.84. The van der Waals surface area contributed by atoms with Crippen LogP contribution in [0.15, 0.2) is 18.2 Å². The molecule has 1 heterocycles. The van der Waals surface area contributed by atoms with E-state index in [2.05, 4.69) is 0 Å². The number of carbonyl (C=O) groups is 2. The van der Waals surface area contributed by atoms with Crippen LogP contribution in [-0.2, 0) is 11.3 Å². The van der Waals surface area contributed by atoms with Gasteiger partial charge in [-0.05, 0) is 24.8 Å². The lowest BCUT2D eigenvalue weighted by molar-refractivity contribution is -0.385. The molecule has 1 saturated carbocycles. The number of fused-ring (bicyclic) bond motifs is 1. The molecule has 0 spiro atoms. The molecule has 2 atom stereocenters. The second-order valence-electron chi connectivity index (χ2n) is 6.68. The number of hydrogen-bond donors (Lipinski definition) is 2. The third-order valence-corrected chi connectivity index (χ3v) is 5.33. The molecule has 2 aliphatic rings. The summed E-state index contributed by atoms with van der Waals surface area (Å²) in [6.45, 7) is 1.32. The zero-order valence-electron chi connectivity index (χ0n) is 13.5. The van der Waals surface area contributed by atoms with Crippen molar-refractivity contribution in [3.8, 4) is 0 Å².